The van der Waals surface area contributed by atoms with E-state index in [4.69, 9.17) is 43.5 Å². The van der Waals surface area contributed by atoms with E-state index < -0.39 is 11.9 Å². The van der Waals surface area contributed by atoms with Crippen LogP contribution in [0.3, 0.4) is 0 Å². The van der Waals surface area contributed by atoms with Gasteiger partial charge < -0.3 is 96.6 Å². The van der Waals surface area contributed by atoms with Gasteiger partial charge in [-0.2, -0.15) is 0 Å². The van der Waals surface area contributed by atoms with Crippen molar-refractivity contribution in [2.45, 2.75) is 20.8 Å². The number of methoxy groups -OCH3 is 3. The molecule has 0 radical (unpaired) electrons. The number of hydrogen-bond acceptors (Lipinski definition) is 21. The molecule has 2 aliphatic carbocycles. The third-order valence-electron chi connectivity index (χ3n) is 16.5. The van der Waals surface area contributed by atoms with Gasteiger partial charge in [0, 0.05) is 182 Å². The first-order valence-corrected chi connectivity index (χ1v) is 37.3. The van der Waals surface area contributed by atoms with Gasteiger partial charge >= 0.3 is 11.9 Å². The molecule has 7 aromatic rings. The number of hydrogen-bond donors (Lipinski definition) is 14. The number of phenolic OH excluding ortho intramolecular Hbond substituents is 2. The minimum absolute atomic E-state index is 0.00382. The molecule has 0 unspecified atom stereocenters. The fourth-order valence-corrected chi connectivity index (χ4v) is 11.7. The van der Waals surface area contributed by atoms with Gasteiger partial charge in [0.2, 0.25) is 23.6 Å². The van der Waals surface area contributed by atoms with E-state index in [1.54, 1.807) is 121 Å². The number of nitrogens with zero attached hydrogens (tertiary/aromatic N) is 3. The van der Waals surface area contributed by atoms with Crippen LogP contribution < -0.4 is 64.0 Å². The summed E-state index contributed by atoms with van der Waals surface area (Å²) in [4.78, 5) is 132. The molecular weight excluding hydrogens is 1580 g/mol. The number of aromatic carboxylic acids is 2. The monoisotopic (exact) mass is 1660 g/mol. The number of carbonyl (C=O) groups excluding carboxylic acids is 7. The number of fused-ring (bicyclic) bond motifs is 4. The number of benzene rings is 9. The predicted molar refractivity (Wildman–Crippen MR) is 456 cm³/mol. The van der Waals surface area contributed by atoms with Gasteiger partial charge in [-0.05, 0) is 138 Å². The van der Waals surface area contributed by atoms with E-state index in [0.29, 0.717) is 147 Å². The van der Waals surface area contributed by atoms with Gasteiger partial charge in [-0.25, -0.2) is 9.59 Å². The van der Waals surface area contributed by atoms with Crippen molar-refractivity contribution in [3.8, 4) is 56.4 Å². The van der Waals surface area contributed by atoms with Gasteiger partial charge in [-0.1, -0.05) is 85.7 Å². The molecule has 0 fully saturated rings. The molecule has 4 aliphatic rings. The number of rotatable bonds is 29. The van der Waals surface area contributed by atoms with Crippen LogP contribution in [0.5, 0.6) is 11.5 Å². The van der Waals surface area contributed by atoms with Crippen LogP contribution in [0.2, 0.25) is 0 Å². The van der Waals surface area contributed by atoms with Crippen LogP contribution in [0.1, 0.15) is 78.1 Å². The third-order valence-corrected chi connectivity index (χ3v) is 16.9. The molecule has 0 bridgehead atoms. The molecule has 2 aliphatic heterocycles. The summed E-state index contributed by atoms with van der Waals surface area (Å²) < 4.78 is 25.8. The topological polar surface area (TPSA) is 492 Å². The molecule has 6 amide bonds. The lowest BCUT2D eigenvalue weighted by Crippen LogP contribution is -2.37. The second-order valence-corrected chi connectivity index (χ2v) is 25.7. The van der Waals surface area contributed by atoms with Gasteiger partial charge in [0.15, 0.2) is 26.9 Å². The molecule has 119 heavy (non-hydrogen) atoms. The van der Waals surface area contributed by atoms with E-state index in [0.717, 1.165) is 0 Å². The van der Waals surface area contributed by atoms with Crippen molar-refractivity contribution in [1.29, 1.82) is 0 Å². The Morgan fingerprint density at radius 2 is 0.790 bits per heavy atom. The Morgan fingerprint density at radius 1 is 0.429 bits per heavy atom. The summed E-state index contributed by atoms with van der Waals surface area (Å²) in [6, 6.07) is 48.9. The van der Waals surface area contributed by atoms with E-state index in [-0.39, 0.29) is 116 Å². The molecule has 33 nitrogen and oxygen atoms in total. The molecule has 2 heterocycles. The van der Waals surface area contributed by atoms with Crippen molar-refractivity contribution < 1.29 is 86.6 Å². The quantitative estimate of drug-likeness (QED) is 0.00394. The van der Waals surface area contributed by atoms with Crippen LogP contribution in [-0.4, -0.2) is 177 Å². The fraction of sp³-hybridized carbons (Fsp3) is 0.202. The lowest BCUT2D eigenvalue weighted by atomic mass is 9.90. The third kappa shape index (κ3) is 27.9. The number of amides is 6. The highest BCUT2D eigenvalue weighted by atomic mass is 32.1. The minimum Gasteiger partial charge on any atom is -0.508 e. The van der Waals surface area contributed by atoms with Crippen LogP contribution in [-0.2, 0) is 33.4 Å². The zero-order valence-electron chi connectivity index (χ0n) is 65.2. The number of ether oxygens (including phenoxy) is 3. The summed E-state index contributed by atoms with van der Waals surface area (Å²) >= 11 is 10.5. The summed E-state index contributed by atoms with van der Waals surface area (Å²) in [5, 5.41) is 72.6. The molecule has 0 atom stereocenters. The van der Waals surface area contributed by atoms with Gasteiger partial charge in [-0.3, -0.25) is 43.2 Å². The Balaban J connectivity index is 0.000000223. The molecule has 618 valence electrons. The lowest BCUT2D eigenvalue weighted by Gasteiger charge is -2.18. The highest BCUT2D eigenvalue weighted by Gasteiger charge is 2.25. The van der Waals surface area contributed by atoms with E-state index in [1.807, 2.05) is 19.9 Å². The SMILES string of the molecule is CC.CC(=O)NCCNC(=S)Nc1ccc(-c2c3ccc(=O)cc-3oc3cc(O)ccc23)c(C(=O)O)c1.COCC(=O)NCCNC(=O)c1ccc(C(=O)c2ccccc2)cc1.COCC(=O)NCCNC(=O)c1ccc(N=[N+]=[N-])cc1.COCC(=O)NCCNC(=S)Nc1ccc(-c2c3ccc(=O)cc-3oc3cc(O)ccc23)c(C(=O)O)c1. The molecule has 7 aromatic carbocycles. The van der Waals surface area contributed by atoms with E-state index in [2.05, 4.69) is 72.7 Å². The fourth-order valence-electron chi connectivity index (χ4n) is 11.2. The van der Waals surface area contributed by atoms with Crippen molar-refractivity contribution in [3.05, 3.63) is 252 Å². The summed E-state index contributed by atoms with van der Waals surface area (Å²) in [6.45, 7) is 8.09. The van der Waals surface area contributed by atoms with Crippen molar-refractivity contribution in [2.24, 2.45) is 5.11 Å². The van der Waals surface area contributed by atoms with E-state index in [1.165, 1.54) is 88.9 Å². The molecule has 0 saturated carbocycles. The second kappa shape index (κ2) is 46.8. The van der Waals surface area contributed by atoms with Crippen LogP contribution >= 0.6 is 24.4 Å². The summed E-state index contributed by atoms with van der Waals surface area (Å²) in [5.74, 6) is -3.33. The maximum absolute atomic E-state index is 12.3. The predicted octanol–water partition coefficient (Wildman–Crippen LogP) is 9.97. The number of aromatic hydroxyl groups is 2. The number of anilines is 2. The largest absolute Gasteiger partial charge is 0.508 e. The molecular formula is C84H85N13O20S2. The van der Waals surface area contributed by atoms with Gasteiger partial charge in [0.25, 0.3) is 11.8 Å². The Kier molecular flexibility index (Phi) is 36.0. The second-order valence-electron chi connectivity index (χ2n) is 24.9. The number of azide groups is 1. The van der Waals surface area contributed by atoms with E-state index >= 15 is 0 Å². The summed E-state index contributed by atoms with van der Waals surface area (Å²) in [6.07, 6.45) is 0. The van der Waals surface area contributed by atoms with Gasteiger partial charge in [0.05, 0.1) is 11.1 Å². The number of thiocarbonyl (C=S) groups is 2. The van der Waals surface area contributed by atoms with Crippen LogP contribution in [0.4, 0.5) is 17.1 Å². The zero-order chi connectivity index (χ0) is 86.5. The summed E-state index contributed by atoms with van der Waals surface area (Å²) in [5.41, 5.74) is 14.7. The van der Waals surface area contributed by atoms with Crippen LogP contribution in [0.25, 0.3) is 77.3 Å². The number of ketones is 1. The average molecular weight is 1660 g/mol. The van der Waals surface area contributed by atoms with Crippen LogP contribution in [0, 0.1) is 0 Å². The Labute approximate surface area is 691 Å². The molecule has 11 rings (SSSR count). The van der Waals surface area contributed by atoms with Crippen molar-refractivity contribution in [3.63, 3.8) is 0 Å². The smallest absolute Gasteiger partial charge is 0.336 e. The first kappa shape index (κ1) is 91.7. The first-order chi connectivity index (χ1) is 57.3. The molecule has 35 heteroatoms. The molecule has 0 saturated heterocycles. The average Bonchev–Trinajstić information content (AvgIpc) is 0.753. The maximum atomic E-state index is 12.3. The van der Waals surface area contributed by atoms with Crippen molar-refractivity contribution >= 4 is 127 Å². The molecule has 0 aromatic heterocycles. The number of phenols is 2. The Bertz CT molecular complexity index is 5570. The zero-order valence-corrected chi connectivity index (χ0v) is 66.8. The van der Waals surface area contributed by atoms with Crippen molar-refractivity contribution in [1.82, 2.24) is 42.5 Å². The number of carbonyl (C=O) groups is 9. The Hall–Kier alpha value is -14.5. The standard InChI is InChI=1S/C26H23N3O7S.C25H21N3O6S.C19H20N2O4.C12H15N5O3.C2H6/c1-35-13-23(32)27-8-9-28-26(37)29-14-2-5-17(20(10-14)25(33)34)24-18-6-3-15(30)11-21(18)36-22-12-16(31)4-7-19(22)24;1-13(29)26-8-9-27-25(35)28-14-2-5-17(20(10-14)24(32)33)23-18-6-3-15(30)11-21(18)34-22-12-16(31)4-7-19(22)23;1-25-13-17(22)20-11-12-21-19(24)16-9-7-15(8-10-16)18(23)14-5-3-2-4-6-14;1-20-8-11(18)14-6-7-15-12(19)9-2-4-10(5-3-9)16-17-13;1-2/h2-7,10-12,30H,8-9,13H2,1H3,(H,27,32)(H,33,34)(H2,28,29,37);2-7,10-12,30H,8-9H2,1H3,(H,26,29)(H,32,33)(H2,27,28,35);2-10H,11-13H2,1H3,(H,20,22)(H,21,24);2-5H,6-8H2,1H3,(H,14,18)(H,15,19);1-2H3. The number of carboxylic acids is 2. The normalized spacial score (nSPS) is 10.3. The molecule has 14 N–H and O–H groups in total. The maximum Gasteiger partial charge on any atom is 0.336 e. The first-order valence-electron chi connectivity index (χ1n) is 36.4. The number of carboxylic acid groups (broad SMARTS) is 2. The highest BCUT2D eigenvalue weighted by Crippen LogP contribution is 2.44. The minimum atomic E-state index is -1.17. The van der Waals surface area contributed by atoms with Crippen LogP contribution in [0.15, 0.2) is 212 Å². The molecule has 0 spiro atoms. The van der Waals surface area contributed by atoms with Crippen molar-refractivity contribution in [2.75, 3.05) is 104 Å². The highest BCUT2D eigenvalue weighted by molar-refractivity contribution is 7.80. The van der Waals surface area contributed by atoms with Gasteiger partial charge in [0.1, 0.15) is 54.0 Å². The Morgan fingerprint density at radius 3 is 1.18 bits per heavy atom. The van der Waals surface area contributed by atoms with Gasteiger partial charge in [-0.15, -0.1) is 0 Å². The number of nitrogens with one attached hydrogen (secondary N) is 10. The summed E-state index contributed by atoms with van der Waals surface area (Å²) in [7, 11) is 4.30. The lowest BCUT2D eigenvalue weighted by molar-refractivity contribution is -0.125. The van der Waals surface area contributed by atoms with E-state index in [9.17, 15) is 73.2 Å².